The number of hydrogen-bond donors (Lipinski definition) is 2. The maximum atomic E-state index is 11.8. The molecule has 2 aliphatic rings. The van der Waals surface area contributed by atoms with Gasteiger partial charge in [0.15, 0.2) is 12.1 Å². The van der Waals surface area contributed by atoms with E-state index in [2.05, 4.69) is 27.4 Å². The molecule has 0 spiro atoms. The van der Waals surface area contributed by atoms with Gasteiger partial charge in [-0.05, 0) is 51.2 Å². The van der Waals surface area contributed by atoms with Gasteiger partial charge in [0.05, 0.1) is 43.5 Å². The summed E-state index contributed by atoms with van der Waals surface area (Å²) in [5, 5.41) is 20.3. The molecule has 8 heteroatoms. The lowest BCUT2D eigenvalue weighted by Crippen LogP contribution is -2.55. The smallest absolute Gasteiger partial charge is 0.308 e. The van der Waals surface area contributed by atoms with E-state index < -0.39 is 36.2 Å². The molecule has 2 heterocycles. The summed E-state index contributed by atoms with van der Waals surface area (Å²) in [5.41, 5.74) is 0.886. The van der Waals surface area contributed by atoms with Crippen LogP contribution >= 0.6 is 0 Å². The topological polar surface area (TPSA) is 104 Å². The molecule has 8 nitrogen and oxygen atoms in total. The van der Waals surface area contributed by atoms with Crippen molar-refractivity contribution in [1.29, 1.82) is 0 Å². The van der Waals surface area contributed by atoms with E-state index in [1.165, 1.54) is 0 Å². The average Bonchev–Trinajstić information content (AvgIpc) is 2.92. The van der Waals surface area contributed by atoms with Gasteiger partial charge in [0.25, 0.3) is 0 Å². The zero-order chi connectivity index (χ0) is 29.9. The molecule has 0 aliphatic carbocycles. The predicted molar refractivity (Wildman–Crippen MR) is 153 cm³/mol. The summed E-state index contributed by atoms with van der Waals surface area (Å²) in [4.78, 5) is 11.8. The molecule has 226 valence electrons. The maximum Gasteiger partial charge on any atom is 0.308 e. The summed E-state index contributed by atoms with van der Waals surface area (Å²) < 4.78 is 31.0. The molecular formula is C32H50O8. The van der Waals surface area contributed by atoms with E-state index in [4.69, 9.17) is 23.7 Å². The molecule has 1 unspecified atom stereocenters. The molecule has 12 atom stereocenters. The highest BCUT2D eigenvalue weighted by atomic mass is 16.7. The first-order chi connectivity index (χ1) is 18.7. The van der Waals surface area contributed by atoms with Gasteiger partial charge in [-0.2, -0.15) is 0 Å². The van der Waals surface area contributed by atoms with Gasteiger partial charge in [-0.15, -0.1) is 6.58 Å². The third-order valence-electron chi connectivity index (χ3n) is 8.91. The Bertz CT molecular complexity index is 978. The Kier molecular flexibility index (Phi) is 10.9. The van der Waals surface area contributed by atoms with E-state index in [0.717, 1.165) is 17.7 Å². The van der Waals surface area contributed by atoms with Crippen molar-refractivity contribution in [3.05, 3.63) is 42.5 Å². The second-order valence-corrected chi connectivity index (χ2v) is 12.5. The summed E-state index contributed by atoms with van der Waals surface area (Å²) in [6, 6.07) is 7.66. The average molecular weight is 563 g/mol. The van der Waals surface area contributed by atoms with Crippen molar-refractivity contribution in [3.63, 3.8) is 0 Å². The Labute approximate surface area is 240 Å². The van der Waals surface area contributed by atoms with Crippen LogP contribution in [-0.4, -0.2) is 59.6 Å². The van der Waals surface area contributed by atoms with Crippen LogP contribution in [0.15, 0.2) is 36.9 Å². The third-order valence-corrected chi connectivity index (χ3v) is 8.91. The van der Waals surface area contributed by atoms with Gasteiger partial charge in [-0.25, -0.2) is 0 Å². The van der Waals surface area contributed by atoms with Gasteiger partial charge >= 0.3 is 5.97 Å². The first kappa shape index (κ1) is 32.5. The van der Waals surface area contributed by atoms with Gasteiger partial charge in [0, 0.05) is 23.3 Å². The normalized spacial score (nSPS) is 34.2. The van der Waals surface area contributed by atoms with Crippen LogP contribution in [-0.2, 0) is 23.7 Å². The summed E-state index contributed by atoms with van der Waals surface area (Å²) >= 11 is 0. The van der Waals surface area contributed by atoms with Gasteiger partial charge in [-0.3, -0.25) is 4.79 Å². The van der Waals surface area contributed by atoms with Crippen LogP contribution in [0.4, 0.5) is 0 Å². The SMILES string of the molecule is C=C[C@H](O)[C@H](C)[C@@H]1OC(c2ccc(OC)cc2)O[C@@H]([C@H](C)C[C@H](C)[C@@H]2OC(C)(C)O[C@H]([C@@H](C)C(=O)O)[C@@H]2C)[C@@H]1C. The van der Waals surface area contributed by atoms with Crippen molar-refractivity contribution in [2.75, 3.05) is 7.11 Å². The molecule has 0 bridgehead atoms. The molecule has 3 rings (SSSR count). The van der Waals surface area contributed by atoms with Crippen molar-refractivity contribution in [1.82, 2.24) is 0 Å². The minimum Gasteiger partial charge on any atom is -0.497 e. The Morgan fingerprint density at radius 1 is 0.975 bits per heavy atom. The van der Waals surface area contributed by atoms with Crippen LogP contribution in [0.3, 0.4) is 0 Å². The first-order valence-corrected chi connectivity index (χ1v) is 14.5. The van der Waals surface area contributed by atoms with E-state index in [0.29, 0.717) is 0 Å². The number of ether oxygens (including phenoxy) is 5. The molecular weight excluding hydrogens is 512 g/mol. The zero-order valence-electron chi connectivity index (χ0n) is 25.6. The van der Waals surface area contributed by atoms with E-state index in [1.54, 1.807) is 20.1 Å². The number of carbonyl (C=O) groups is 1. The number of carboxylic acid groups (broad SMARTS) is 1. The van der Waals surface area contributed by atoms with E-state index in [-0.39, 0.29) is 47.9 Å². The molecule has 2 fully saturated rings. The fourth-order valence-corrected chi connectivity index (χ4v) is 6.61. The summed E-state index contributed by atoms with van der Waals surface area (Å²) in [6.07, 6.45) is 0.0270. The van der Waals surface area contributed by atoms with Crippen molar-refractivity contribution >= 4 is 5.97 Å². The molecule has 2 aliphatic heterocycles. The van der Waals surface area contributed by atoms with E-state index in [1.807, 2.05) is 52.0 Å². The van der Waals surface area contributed by atoms with E-state index >= 15 is 0 Å². The monoisotopic (exact) mass is 562 g/mol. The number of benzene rings is 1. The van der Waals surface area contributed by atoms with Gasteiger partial charge in [-0.1, -0.05) is 52.8 Å². The minimum absolute atomic E-state index is 0.00514. The number of aliphatic hydroxyl groups is 1. The molecule has 40 heavy (non-hydrogen) atoms. The van der Waals surface area contributed by atoms with Crippen molar-refractivity contribution in [3.8, 4) is 5.75 Å². The Balaban J connectivity index is 1.84. The number of carboxylic acids is 1. The molecule has 2 N–H and O–H groups in total. The molecule has 0 saturated carbocycles. The van der Waals surface area contributed by atoms with Crippen LogP contribution < -0.4 is 4.74 Å². The largest absolute Gasteiger partial charge is 0.497 e. The van der Waals surface area contributed by atoms with Crippen LogP contribution in [0.2, 0.25) is 0 Å². The van der Waals surface area contributed by atoms with Crippen molar-refractivity contribution in [2.24, 2.45) is 35.5 Å². The molecule has 0 amide bonds. The van der Waals surface area contributed by atoms with Crippen LogP contribution in [0.25, 0.3) is 0 Å². The van der Waals surface area contributed by atoms with E-state index in [9.17, 15) is 15.0 Å². The fraction of sp³-hybridized carbons (Fsp3) is 0.719. The van der Waals surface area contributed by atoms with Crippen LogP contribution in [0, 0.1) is 35.5 Å². The minimum atomic E-state index is -0.883. The number of hydrogen-bond acceptors (Lipinski definition) is 7. The standard InChI is InChI=1S/C32H50O8/c1-11-25(33)19(4)28-20(5)26(37-31(38-28)23-12-14-24(36-10)15-13-23)17(2)16-18(3)27-21(6)29(22(7)30(34)35)40-32(8,9)39-27/h11-15,17-22,25-29,31,33H,1,16H2,2-10H3,(H,34,35)/t17-,18+,19+,20+,21-,22-,25+,26+,27+,28+,29+,31?/m1/s1. The van der Waals surface area contributed by atoms with Gasteiger partial charge in [0.2, 0.25) is 0 Å². The first-order valence-electron chi connectivity index (χ1n) is 14.5. The maximum absolute atomic E-state index is 11.8. The molecule has 0 radical (unpaired) electrons. The lowest BCUT2D eigenvalue weighted by Gasteiger charge is -2.49. The molecule has 1 aromatic rings. The highest BCUT2D eigenvalue weighted by Crippen LogP contribution is 2.43. The summed E-state index contributed by atoms with van der Waals surface area (Å²) in [7, 11) is 1.63. The molecule has 1 aromatic carbocycles. The number of aliphatic carboxylic acids is 1. The summed E-state index contributed by atoms with van der Waals surface area (Å²) in [5.74, 6) is -1.68. The third kappa shape index (κ3) is 7.26. The predicted octanol–water partition coefficient (Wildman–Crippen LogP) is 5.84. The van der Waals surface area contributed by atoms with Gasteiger partial charge < -0.3 is 33.9 Å². The molecule has 2 saturated heterocycles. The number of aliphatic hydroxyl groups excluding tert-OH is 1. The Morgan fingerprint density at radius 3 is 2.05 bits per heavy atom. The highest BCUT2D eigenvalue weighted by molar-refractivity contribution is 5.70. The highest BCUT2D eigenvalue weighted by Gasteiger charge is 2.48. The Morgan fingerprint density at radius 2 is 1.50 bits per heavy atom. The number of rotatable bonds is 11. The summed E-state index contributed by atoms with van der Waals surface area (Å²) in [6.45, 7) is 19.7. The lowest BCUT2D eigenvalue weighted by molar-refractivity contribution is -0.334. The quantitative estimate of drug-likeness (QED) is 0.325. The fourth-order valence-electron chi connectivity index (χ4n) is 6.61. The lowest BCUT2D eigenvalue weighted by atomic mass is 9.75. The number of methoxy groups -OCH3 is 1. The van der Waals surface area contributed by atoms with Crippen LogP contribution in [0.5, 0.6) is 5.75 Å². The Hall–Kier alpha value is -1.97. The van der Waals surface area contributed by atoms with Crippen LogP contribution in [0.1, 0.15) is 73.7 Å². The molecule has 0 aromatic heterocycles. The zero-order valence-corrected chi connectivity index (χ0v) is 25.6. The van der Waals surface area contributed by atoms with Crippen molar-refractivity contribution in [2.45, 2.75) is 104 Å². The van der Waals surface area contributed by atoms with Crippen molar-refractivity contribution < 1.29 is 38.7 Å². The van der Waals surface area contributed by atoms with Gasteiger partial charge in [0.1, 0.15) is 5.75 Å². The second-order valence-electron chi connectivity index (χ2n) is 12.5. The second kappa shape index (κ2) is 13.3.